The smallest absolute Gasteiger partial charge is 0.127 e. The van der Waals surface area contributed by atoms with Crippen LogP contribution in [-0.2, 0) is 0 Å². The van der Waals surface area contributed by atoms with Gasteiger partial charge in [0.1, 0.15) is 5.37 Å². The fourth-order valence-corrected chi connectivity index (χ4v) is 0.711. The first-order valence-electron chi connectivity index (χ1n) is 2.59. The Morgan fingerprint density at radius 2 is 2.50 bits per heavy atom. The third kappa shape index (κ3) is 1.66. The molecule has 3 heteroatoms. The highest BCUT2D eigenvalue weighted by atomic mass is 32.1. The van der Waals surface area contributed by atoms with Crippen LogP contribution in [0.4, 0.5) is 0 Å². The number of hydrogen-bond donors (Lipinski definition) is 1. The highest BCUT2D eigenvalue weighted by molar-refractivity contribution is 7.81. The molecule has 8 heavy (non-hydrogen) atoms. The zero-order valence-electron chi connectivity index (χ0n) is 4.49. The van der Waals surface area contributed by atoms with Gasteiger partial charge in [0.05, 0.1) is 0 Å². The summed E-state index contributed by atoms with van der Waals surface area (Å²) in [5.41, 5.74) is 0. The number of hydrogen-bond acceptors (Lipinski definition) is 3. The zero-order valence-corrected chi connectivity index (χ0v) is 5.38. The first kappa shape index (κ1) is 5.82. The van der Waals surface area contributed by atoms with E-state index in [0.29, 0.717) is 0 Å². The van der Waals surface area contributed by atoms with Crippen LogP contribution in [0.2, 0.25) is 0 Å². The number of nitrogens with zero attached hydrogens (tertiary/aromatic N) is 2. The van der Waals surface area contributed by atoms with Crippen LogP contribution >= 0.6 is 12.6 Å². The molecular formula is C5H8N2S. The predicted molar refractivity (Wildman–Crippen MR) is 39.2 cm³/mol. The average Bonchev–Trinajstić information content (AvgIpc) is 1.94. The molecule has 44 valence electrons. The third-order valence-electron chi connectivity index (χ3n) is 0.884. The molecular weight excluding hydrogens is 120 g/mol. The van der Waals surface area contributed by atoms with Gasteiger partial charge in [0.25, 0.3) is 0 Å². The minimum atomic E-state index is -0.00231. The Kier molecular flexibility index (Phi) is 2.09. The Bertz CT molecular complexity index is 106. The van der Waals surface area contributed by atoms with Crippen LogP contribution in [-0.4, -0.2) is 24.3 Å². The second-order valence-electron chi connectivity index (χ2n) is 1.59. The van der Waals surface area contributed by atoms with E-state index in [0.717, 1.165) is 13.0 Å². The molecule has 1 aliphatic heterocycles. The van der Waals surface area contributed by atoms with Crippen molar-refractivity contribution >= 4 is 25.1 Å². The topological polar surface area (TPSA) is 24.7 Å². The van der Waals surface area contributed by atoms with E-state index in [2.05, 4.69) is 22.6 Å². The third-order valence-corrected chi connectivity index (χ3v) is 1.15. The van der Waals surface area contributed by atoms with Gasteiger partial charge in [-0.25, -0.2) is 0 Å². The molecule has 1 atom stereocenters. The lowest BCUT2D eigenvalue weighted by Gasteiger charge is -1.88. The molecule has 0 N–H and O–H groups in total. The Morgan fingerprint density at radius 1 is 1.62 bits per heavy atom. The monoisotopic (exact) mass is 128 g/mol. The highest BCUT2D eigenvalue weighted by Crippen LogP contribution is 1.95. The molecule has 0 saturated heterocycles. The second-order valence-corrected chi connectivity index (χ2v) is 2.12. The van der Waals surface area contributed by atoms with Crippen LogP contribution in [0, 0.1) is 0 Å². The molecule has 0 radical (unpaired) electrons. The summed E-state index contributed by atoms with van der Waals surface area (Å²) in [6, 6.07) is 0. The lowest BCUT2D eigenvalue weighted by molar-refractivity contribution is 1.07. The van der Waals surface area contributed by atoms with Crippen molar-refractivity contribution in [3.05, 3.63) is 0 Å². The molecule has 0 aromatic rings. The van der Waals surface area contributed by atoms with Crippen molar-refractivity contribution in [1.29, 1.82) is 0 Å². The van der Waals surface area contributed by atoms with E-state index in [9.17, 15) is 0 Å². The molecule has 2 nitrogen and oxygen atoms in total. The maximum absolute atomic E-state index is 4.08. The summed E-state index contributed by atoms with van der Waals surface area (Å²) in [5.74, 6) is 0. The summed E-state index contributed by atoms with van der Waals surface area (Å²) in [6.45, 7) is 0.862. The first-order chi connectivity index (χ1) is 3.89. The number of aliphatic imine (C=N–C) groups is 2. The predicted octanol–water partition coefficient (Wildman–Crippen LogP) is 0.788. The lowest BCUT2D eigenvalue weighted by Crippen LogP contribution is -1.92. The summed E-state index contributed by atoms with van der Waals surface area (Å²) in [5, 5.41) is -0.00231. The van der Waals surface area contributed by atoms with E-state index < -0.39 is 0 Å². The fraction of sp³-hybridized carbons (Fsp3) is 0.600. The second kappa shape index (κ2) is 2.87. The molecule has 1 unspecified atom stereocenters. The molecule has 0 aliphatic carbocycles. The van der Waals surface area contributed by atoms with Gasteiger partial charge >= 0.3 is 0 Å². The van der Waals surface area contributed by atoms with Crippen molar-refractivity contribution in [2.75, 3.05) is 6.54 Å². The van der Waals surface area contributed by atoms with E-state index in [4.69, 9.17) is 0 Å². The minimum absolute atomic E-state index is 0.00231. The van der Waals surface area contributed by atoms with Gasteiger partial charge in [-0.15, -0.1) is 12.6 Å². The molecule has 0 fully saturated rings. The summed E-state index contributed by atoms with van der Waals surface area (Å²) in [4.78, 5) is 8.04. The molecule has 0 aromatic carbocycles. The van der Waals surface area contributed by atoms with Crippen LogP contribution < -0.4 is 0 Å². The van der Waals surface area contributed by atoms with Crippen molar-refractivity contribution in [3.63, 3.8) is 0 Å². The molecule has 0 bridgehead atoms. The summed E-state index contributed by atoms with van der Waals surface area (Å²) in [6.07, 6.45) is 4.57. The summed E-state index contributed by atoms with van der Waals surface area (Å²) < 4.78 is 0. The molecule has 1 aliphatic rings. The van der Waals surface area contributed by atoms with Crippen molar-refractivity contribution < 1.29 is 0 Å². The number of thiol groups is 1. The molecule has 0 aromatic heterocycles. The van der Waals surface area contributed by atoms with E-state index >= 15 is 0 Å². The van der Waals surface area contributed by atoms with Crippen LogP contribution in [0.1, 0.15) is 6.42 Å². The quantitative estimate of drug-likeness (QED) is 0.466. The SMILES string of the molecule is SC1C=NCCC=N1. The van der Waals surface area contributed by atoms with E-state index in [1.807, 2.05) is 6.21 Å². The van der Waals surface area contributed by atoms with Crippen molar-refractivity contribution in [2.45, 2.75) is 11.8 Å². The zero-order chi connectivity index (χ0) is 5.82. The normalized spacial score (nSPS) is 27.9. The van der Waals surface area contributed by atoms with Gasteiger partial charge in [-0.3, -0.25) is 9.98 Å². The summed E-state index contributed by atoms with van der Waals surface area (Å²) in [7, 11) is 0. The van der Waals surface area contributed by atoms with Gasteiger partial charge in [0.2, 0.25) is 0 Å². The Labute approximate surface area is 54.1 Å². The molecule has 0 spiro atoms. The van der Waals surface area contributed by atoms with Gasteiger partial charge in [0.15, 0.2) is 0 Å². The maximum atomic E-state index is 4.08. The van der Waals surface area contributed by atoms with Crippen LogP contribution in [0.15, 0.2) is 9.98 Å². The van der Waals surface area contributed by atoms with E-state index in [1.165, 1.54) is 0 Å². The number of rotatable bonds is 0. The molecule has 0 amide bonds. The van der Waals surface area contributed by atoms with Crippen molar-refractivity contribution in [3.8, 4) is 0 Å². The largest absolute Gasteiger partial charge is 0.294 e. The fourth-order valence-electron chi connectivity index (χ4n) is 0.522. The van der Waals surface area contributed by atoms with Crippen molar-refractivity contribution in [1.82, 2.24) is 0 Å². The first-order valence-corrected chi connectivity index (χ1v) is 3.11. The Balaban J connectivity index is 2.51. The average molecular weight is 128 g/mol. The van der Waals surface area contributed by atoms with E-state index in [-0.39, 0.29) is 5.37 Å². The van der Waals surface area contributed by atoms with Gasteiger partial charge in [-0.1, -0.05) is 0 Å². The standard InChI is InChI=1S/C5H8N2S/c8-5-4-6-2-1-3-7-5/h3-5,8H,1-2H2. The summed E-state index contributed by atoms with van der Waals surface area (Å²) >= 11 is 4.08. The van der Waals surface area contributed by atoms with Crippen molar-refractivity contribution in [2.24, 2.45) is 9.98 Å². The van der Waals surface area contributed by atoms with E-state index in [1.54, 1.807) is 6.21 Å². The van der Waals surface area contributed by atoms with Gasteiger partial charge in [0, 0.05) is 25.4 Å². The van der Waals surface area contributed by atoms with Crippen LogP contribution in [0.25, 0.3) is 0 Å². The maximum Gasteiger partial charge on any atom is 0.127 e. The Morgan fingerprint density at radius 3 is 3.38 bits per heavy atom. The van der Waals surface area contributed by atoms with Gasteiger partial charge in [-0.2, -0.15) is 0 Å². The van der Waals surface area contributed by atoms with Crippen LogP contribution in [0.3, 0.4) is 0 Å². The van der Waals surface area contributed by atoms with Gasteiger partial charge < -0.3 is 0 Å². The highest BCUT2D eigenvalue weighted by Gasteiger charge is 1.93. The molecule has 1 rings (SSSR count). The minimum Gasteiger partial charge on any atom is -0.294 e. The molecule has 1 heterocycles. The van der Waals surface area contributed by atoms with Gasteiger partial charge in [-0.05, 0) is 0 Å². The lowest BCUT2D eigenvalue weighted by atomic mass is 10.5. The Hall–Kier alpha value is -0.310. The van der Waals surface area contributed by atoms with Crippen LogP contribution in [0.5, 0.6) is 0 Å². The molecule has 0 saturated carbocycles.